The number of aromatic nitrogens is 5. The monoisotopic (exact) mass is 284 g/mol. The van der Waals surface area contributed by atoms with E-state index >= 15 is 0 Å². The van der Waals surface area contributed by atoms with Gasteiger partial charge in [0.2, 0.25) is 0 Å². The third kappa shape index (κ3) is 2.78. The highest BCUT2D eigenvalue weighted by molar-refractivity contribution is 6.03. The molecule has 0 aliphatic carbocycles. The fourth-order valence-electron chi connectivity index (χ4n) is 1.94. The fourth-order valence-corrected chi connectivity index (χ4v) is 1.94. The molecular weight excluding hydrogens is 272 g/mol. The maximum absolute atomic E-state index is 12.1. The standard InChI is InChI=1S/C13H12N6O2/c20-12(10-9-2-1-4-14-11(9)19-18-10)15-5-3-8-6-16-13(21)17-7-8/h1-2,4,6-7H,3,5H2,(H,15,20)(H,14,18,19)(H,16,17,21). The number of fused-ring (bicyclic) bond motifs is 1. The molecule has 3 rings (SSSR count). The predicted molar refractivity (Wildman–Crippen MR) is 74.8 cm³/mol. The van der Waals surface area contributed by atoms with E-state index in [2.05, 4.69) is 30.5 Å². The van der Waals surface area contributed by atoms with Crippen LogP contribution in [0.1, 0.15) is 16.1 Å². The quantitative estimate of drug-likeness (QED) is 0.624. The Morgan fingerprint density at radius 3 is 3.05 bits per heavy atom. The Hall–Kier alpha value is -3.03. The summed E-state index contributed by atoms with van der Waals surface area (Å²) in [7, 11) is 0. The van der Waals surface area contributed by atoms with E-state index < -0.39 is 0 Å². The zero-order valence-electron chi connectivity index (χ0n) is 11.0. The van der Waals surface area contributed by atoms with Crippen molar-refractivity contribution in [2.45, 2.75) is 6.42 Å². The molecule has 0 bridgehead atoms. The van der Waals surface area contributed by atoms with Gasteiger partial charge >= 0.3 is 5.69 Å². The van der Waals surface area contributed by atoms with Gasteiger partial charge in [-0.1, -0.05) is 0 Å². The van der Waals surface area contributed by atoms with Crippen molar-refractivity contribution in [1.82, 2.24) is 30.5 Å². The van der Waals surface area contributed by atoms with Gasteiger partial charge in [0.05, 0.1) is 5.39 Å². The van der Waals surface area contributed by atoms with E-state index in [1.165, 1.54) is 6.20 Å². The van der Waals surface area contributed by atoms with Gasteiger partial charge in [0.15, 0.2) is 5.65 Å². The summed E-state index contributed by atoms with van der Waals surface area (Å²) in [5, 5.41) is 10.1. The number of pyridine rings is 1. The Balaban J connectivity index is 1.64. The van der Waals surface area contributed by atoms with Crippen molar-refractivity contribution in [3.8, 4) is 0 Å². The summed E-state index contributed by atoms with van der Waals surface area (Å²) < 4.78 is 0. The molecule has 3 heterocycles. The summed E-state index contributed by atoms with van der Waals surface area (Å²) in [6.07, 6.45) is 5.26. The number of hydrogen-bond donors (Lipinski definition) is 3. The molecule has 3 aromatic heterocycles. The number of hydrogen-bond acceptors (Lipinski definition) is 5. The molecule has 0 fully saturated rings. The average Bonchev–Trinajstić information content (AvgIpc) is 2.93. The minimum atomic E-state index is -0.390. The Labute approximate surface area is 118 Å². The number of carbonyl (C=O) groups is 1. The molecule has 0 aliphatic rings. The molecule has 8 heteroatoms. The minimum absolute atomic E-state index is 0.247. The van der Waals surface area contributed by atoms with Crippen LogP contribution < -0.4 is 11.0 Å². The van der Waals surface area contributed by atoms with Crippen molar-refractivity contribution in [3.05, 3.63) is 52.5 Å². The highest BCUT2D eigenvalue weighted by atomic mass is 16.2. The minimum Gasteiger partial charge on any atom is -0.350 e. The summed E-state index contributed by atoms with van der Waals surface area (Å²) in [4.78, 5) is 33.1. The molecule has 3 aromatic rings. The molecule has 0 aliphatic heterocycles. The van der Waals surface area contributed by atoms with Gasteiger partial charge in [0.1, 0.15) is 5.69 Å². The van der Waals surface area contributed by atoms with Crippen LogP contribution >= 0.6 is 0 Å². The van der Waals surface area contributed by atoms with Gasteiger partial charge in [-0.3, -0.25) is 9.89 Å². The summed E-state index contributed by atoms with van der Waals surface area (Å²) in [5.41, 5.74) is 1.34. The van der Waals surface area contributed by atoms with Crippen LogP contribution in [-0.2, 0) is 6.42 Å². The molecular formula is C13H12N6O2. The molecule has 3 N–H and O–H groups in total. The first-order valence-electron chi connectivity index (χ1n) is 6.35. The number of rotatable bonds is 4. The van der Waals surface area contributed by atoms with E-state index in [0.717, 1.165) is 5.56 Å². The number of nitrogens with zero attached hydrogens (tertiary/aromatic N) is 3. The van der Waals surface area contributed by atoms with Gasteiger partial charge in [-0.2, -0.15) is 5.10 Å². The molecule has 0 saturated carbocycles. The van der Waals surface area contributed by atoms with E-state index in [4.69, 9.17) is 0 Å². The highest BCUT2D eigenvalue weighted by Crippen LogP contribution is 2.12. The molecule has 0 aromatic carbocycles. The lowest BCUT2D eigenvalue weighted by molar-refractivity contribution is 0.0950. The van der Waals surface area contributed by atoms with Gasteiger partial charge in [-0.05, 0) is 24.1 Å². The van der Waals surface area contributed by atoms with Crippen LogP contribution in [0, 0.1) is 0 Å². The van der Waals surface area contributed by atoms with E-state index in [1.807, 2.05) is 0 Å². The van der Waals surface area contributed by atoms with Crippen molar-refractivity contribution < 1.29 is 4.79 Å². The average molecular weight is 284 g/mol. The number of nitrogens with one attached hydrogen (secondary N) is 3. The Morgan fingerprint density at radius 2 is 2.24 bits per heavy atom. The van der Waals surface area contributed by atoms with Crippen LogP contribution in [0.25, 0.3) is 11.0 Å². The maximum Gasteiger partial charge on any atom is 0.344 e. The molecule has 1 amide bonds. The second kappa shape index (κ2) is 5.53. The van der Waals surface area contributed by atoms with E-state index in [9.17, 15) is 9.59 Å². The van der Waals surface area contributed by atoms with Gasteiger partial charge in [0.25, 0.3) is 5.91 Å². The zero-order chi connectivity index (χ0) is 14.7. The molecule has 106 valence electrons. The van der Waals surface area contributed by atoms with Crippen LogP contribution in [0.4, 0.5) is 0 Å². The first kappa shape index (κ1) is 13.0. The molecule has 0 unspecified atom stereocenters. The Bertz CT molecular complexity index is 817. The number of carbonyl (C=O) groups excluding carboxylic acids is 1. The molecule has 0 saturated heterocycles. The van der Waals surface area contributed by atoms with Crippen LogP contribution in [0.15, 0.2) is 35.5 Å². The van der Waals surface area contributed by atoms with Crippen LogP contribution in [0.2, 0.25) is 0 Å². The Kier molecular flexibility index (Phi) is 3.42. The summed E-state index contributed by atoms with van der Waals surface area (Å²) in [6.45, 7) is 0.424. The van der Waals surface area contributed by atoms with E-state index in [1.54, 1.807) is 24.5 Å². The summed E-state index contributed by atoms with van der Waals surface area (Å²) in [6, 6.07) is 3.53. The van der Waals surface area contributed by atoms with Gasteiger partial charge in [-0.15, -0.1) is 0 Å². The molecule has 21 heavy (non-hydrogen) atoms. The van der Waals surface area contributed by atoms with Gasteiger partial charge in [0, 0.05) is 25.1 Å². The van der Waals surface area contributed by atoms with Crippen LogP contribution in [0.5, 0.6) is 0 Å². The van der Waals surface area contributed by atoms with Crippen LogP contribution in [-0.4, -0.2) is 37.6 Å². The maximum atomic E-state index is 12.1. The van der Waals surface area contributed by atoms with E-state index in [0.29, 0.717) is 29.7 Å². The molecule has 0 radical (unpaired) electrons. The third-order valence-electron chi connectivity index (χ3n) is 2.98. The van der Waals surface area contributed by atoms with Crippen molar-refractivity contribution in [1.29, 1.82) is 0 Å². The van der Waals surface area contributed by atoms with Crippen molar-refractivity contribution >= 4 is 16.9 Å². The first-order valence-corrected chi connectivity index (χ1v) is 6.35. The number of H-pyrrole nitrogens is 2. The van der Waals surface area contributed by atoms with Gasteiger partial charge in [-0.25, -0.2) is 14.8 Å². The smallest absolute Gasteiger partial charge is 0.344 e. The highest BCUT2D eigenvalue weighted by Gasteiger charge is 2.13. The SMILES string of the molecule is O=C(NCCc1cnc(=O)[nH]c1)c1[nH]nc2ncccc12. The van der Waals surface area contributed by atoms with Crippen molar-refractivity contribution in [2.24, 2.45) is 0 Å². The topological polar surface area (TPSA) is 116 Å². The third-order valence-corrected chi connectivity index (χ3v) is 2.98. The molecule has 0 atom stereocenters. The Morgan fingerprint density at radius 1 is 1.33 bits per heavy atom. The fraction of sp³-hybridized carbons (Fsp3) is 0.154. The lowest BCUT2D eigenvalue weighted by Gasteiger charge is -2.03. The largest absolute Gasteiger partial charge is 0.350 e. The predicted octanol–water partition coefficient (Wildman–Crippen LogP) is 0.0137. The lowest BCUT2D eigenvalue weighted by Crippen LogP contribution is -2.26. The molecule has 0 spiro atoms. The summed E-state index contributed by atoms with van der Waals surface area (Å²) in [5.74, 6) is -0.247. The second-order valence-corrected chi connectivity index (χ2v) is 4.41. The lowest BCUT2D eigenvalue weighted by atomic mass is 10.2. The number of aromatic amines is 2. The zero-order valence-corrected chi connectivity index (χ0v) is 11.0. The number of amides is 1. The van der Waals surface area contributed by atoms with Crippen LogP contribution in [0.3, 0.4) is 0 Å². The normalized spacial score (nSPS) is 10.7. The first-order chi connectivity index (χ1) is 10.2. The summed E-state index contributed by atoms with van der Waals surface area (Å²) >= 11 is 0. The van der Waals surface area contributed by atoms with E-state index in [-0.39, 0.29) is 11.6 Å². The molecule has 8 nitrogen and oxygen atoms in total. The second-order valence-electron chi connectivity index (χ2n) is 4.41. The van der Waals surface area contributed by atoms with Crippen molar-refractivity contribution in [2.75, 3.05) is 6.54 Å². The van der Waals surface area contributed by atoms with Gasteiger partial charge < -0.3 is 10.3 Å². The van der Waals surface area contributed by atoms with Crippen molar-refractivity contribution in [3.63, 3.8) is 0 Å².